The summed E-state index contributed by atoms with van der Waals surface area (Å²) < 4.78 is 3.01. The van der Waals surface area contributed by atoms with Crippen LogP contribution in [0, 0.1) is 5.92 Å². The average molecular weight is 260 g/mol. The summed E-state index contributed by atoms with van der Waals surface area (Å²) in [6.07, 6.45) is 3.82. The molecule has 3 nitrogen and oxygen atoms in total. The van der Waals surface area contributed by atoms with Gasteiger partial charge in [-0.2, -0.15) is 5.10 Å². The largest absolute Gasteiger partial charge is 0.314 e. The lowest BCUT2D eigenvalue weighted by atomic mass is 10.2. The van der Waals surface area contributed by atoms with Gasteiger partial charge in [0.25, 0.3) is 0 Å². The Balaban J connectivity index is 2.32. The van der Waals surface area contributed by atoms with Crippen LogP contribution in [0.25, 0.3) is 0 Å². The van der Waals surface area contributed by atoms with Crippen LogP contribution in [0.15, 0.2) is 16.9 Å². The van der Waals surface area contributed by atoms with E-state index < -0.39 is 0 Å². The fourth-order valence-corrected chi connectivity index (χ4v) is 1.53. The number of hydrogen-bond acceptors (Lipinski definition) is 2. The minimum atomic E-state index is 0.403. The monoisotopic (exact) mass is 259 g/mol. The van der Waals surface area contributed by atoms with Gasteiger partial charge in [0.2, 0.25) is 0 Å². The van der Waals surface area contributed by atoms with E-state index in [0.29, 0.717) is 12.0 Å². The standard InChI is InChI=1S/C10H18BrN3/c1-8(2)4-12-5-9(3)14-7-10(11)6-13-14/h6-9,12H,4-5H2,1-3H3. The second-order valence-corrected chi connectivity index (χ2v) is 4.96. The van der Waals surface area contributed by atoms with E-state index in [4.69, 9.17) is 0 Å². The summed E-state index contributed by atoms with van der Waals surface area (Å²) in [5.41, 5.74) is 0. The lowest BCUT2D eigenvalue weighted by molar-refractivity contribution is 0.434. The molecule has 1 atom stereocenters. The molecule has 0 aliphatic heterocycles. The van der Waals surface area contributed by atoms with E-state index in [0.717, 1.165) is 17.6 Å². The van der Waals surface area contributed by atoms with Crippen molar-refractivity contribution in [3.63, 3.8) is 0 Å². The second-order valence-electron chi connectivity index (χ2n) is 4.04. The minimum Gasteiger partial charge on any atom is -0.314 e. The van der Waals surface area contributed by atoms with Gasteiger partial charge in [-0.05, 0) is 35.3 Å². The number of nitrogens with zero attached hydrogens (tertiary/aromatic N) is 2. The maximum atomic E-state index is 4.24. The van der Waals surface area contributed by atoms with Crippen molar-refractivity contribution in [1.82, 2.24) is 15.1 Å². The van der Waals surface area contributed by atoms with E-state index in [1.54, 1.807) is 0 Å². The van der Waals surface area contributed by atoms with Crippen LogP contribution in [-0.2, 0) is 0 Å². The van der Waals surface area contributed by atoms with Crippen molar-refractivity contribution in [2.45, 2.75) is 26.8 Å². The molecule has 0 radical (unpaired) electrons. The molecular weight excluding hydrogens is 242 g/mol. The van der Waals surface area contributed by atoms with Gasteiger partial charge >= 0.3 is 0 Å². The number of nitrogens with one attached hydrogen (secondary N) is 1. The van der Waals surface area contributed by atoms with Gasteiger partial charge in [-0.3, -0.25) is 4.68 Å². The van der Waals surface area contributed by atoms with E-state index in [2.05, 4.69) is 47.1 Å². The van der Waals surface area contributed by atoms with Crippen LogP contribution in [0.1, 0.15) is 26.8 Å². The molecule has 0 saturated carbocycles. The van der Waals surface area contributed by atoms with Gasteiger partial charge in [0.1, 0.15) is 0 Å². The summed E-state index contributed by atoms with van der Waals surface area (Å²) in [7, 11) is 0. The first-order chi connectivity index (χ1) is 6.59. The third-order valence-electron chi connectivity index (χ3n) is 2.01. The molecule has 1 aromatic heterocycles. The topological polar surface area (TPSA) is 29.9 Å². The Morgan fingerprint density at radius 3 is 2.64 bits per heavy atom. The SMILES string of the molecule is CC(C)CNCC(C)n1cc(Br)cn1. The molecule has 14 heavy (non-hydrogen) atoms. The lowest BCUT2D eigenvalue weighted by Crippen LogP contribution is -2.27. The van der Waals surface area contributed by atoms with E-state index in [1.165, 1.54) is 0 Å². The van der Waals surface area contributed by atoms with Crippen molar-refractivity contribution >= 4 is 15.9 Å². The lowest BCUT2D eigenvalue weighted by Gasteiger charge is -2.14. The highest BCUT2D eigenvalue weighted by Gasteiger charge is 2.05. The van der Waals surface area contributed by atoms with Gasteiger partial charge in [0.15, 0.2) is 0 Å². The number of halogens is 1. The molecule has 80 valence electrons. The highest BCUT2D eigenvalue weighted by atomic mass is 79.9. The molecule has 0 amide bonds. The van der Waals surface area contributed by atoms with Crippen molar-refractivity contribution in [2.24, 2.45) is 5.92 Å². The Labute approximate surface area is 94.0 Å². The Kier molecular flexibility index (Phi) is 4.62. The summed E-state index contributed by atoms with van der Waals surface area (Å²) in [6.45, 7) is 8.61. The molecule has 0 aliphatic carbocycles. The fourth-order valence-electron chi connectivity index (χ4n) is 1.23. The molecule has 1 N–H and O–H groups in total. The number of hydrogen-bond donors (Lipinski definition) is 1. The van der Waals surface area contributed by atoms with Gasteiger partial charge in [-0.15, -0.1) is 0 Å². The molecule has 4 heteroatoms. The van der Waals surface area contributed by atoms with Gasteiger partial charge in [-0.1, -0.05) is 13.8 Å². The predicted octanol–water partition coefficient (Wildman–Crippen LogP) is 2.45. The highest BCUT2D eigenvalue weighted by molar-refractivity contribution is 9.10. The average Bonchev–Trinajstić information content (AvgIpc) is 2.51. The summed E-state index contributed by atoms with van der Waals surface area (Å²) in [5.74, 6) is 0.701. The van der Waals surface area contributed by atoms with E-state index in [-0.39, 0.29) is 0 Å². The molecule has 0 saturated heterocycles. The highest BCUT2D eigenvalue weighted by Crippen LogP contribution is 2.10. The van der Waals surface area contributed by atoms with Gasteiger partial charge < -0.3 is 5.32 Å². The zero-order chi connectivity index (χ0) is 10.6. The first-order valence-electron chi connectivity index (χ1n) is 5.00. The van der Waals surface area contributed by atoms with Crippen molar-refractivity contribution < 1.29 is 0 Å². The maximum Gasteiger partial charge on any atom is 0.0632 e. The van der Waals surface area contributed by atoms with Gasteiger partial charge in [0, 0.05) is 12.7 Å². The molecule has 1 aromatic rings. The van der Waals surface area contributed by atoms with E-state index in [9.17, 15) is 0 Å². The van der Waals surface area contributed by atoms with Crippen molar-refractivity contribution in [3.8, 4) is 0 Å². The van der Waals surface area contributed by atoms with Crippen molar-refractivity contribution in [1.29, 1.82) is 0 Å². The quantitative estimate of drug-likeness (QED) is 0.881. The maximum absolute atomic E-state index is 4.24. The zero-order valence-electron chi connectivity index (χ0n) is 9.00. The van der Waals surface area contributed by atoms with Crippen LogP contribution in [0.3, 0.4) is 0 Å². The van der Waals surface area contributed by atoms with Crippen LogP contribution in [0.5, 0.6) is 0 Å². The first-order valence-corrected chi connectivity index (χ1v) is 5.79. The van der Waals surface area contributed by atoms with Crippen LogP contribution in [-0.4, -0.2) is 22.9 Å². The summed E-state index contributed by atoms with van der Waals surface area (Å²) in [5, 5.41) is 7.66. The first kappa shape index (κ1) is 11.7. The third kappa shape index (κ3) is 3.80. The van der Waals surface area contributed by atoms with Crippen molar-refractivity contribution in [3.05, 3.63) is 16.9 Å². The van der Waals surface area contributed by atoms with Crippen LogP contribution in [0.2, 0.25) is 0 Å². The molecule has 0 spiro atoms. The molecule has 0 bridgehead atoms. The molecule has 0 aromatic carbocycles. The normalized spacial score (nSPS) is 13.5. The van der Waals surface area contributed by atoms with E-state index >= 15 is 0 Å². The van der Waals surface area contributed by atoms with Gasteiger partial charge in [-0.25, -0.2) is 0 Å². The zero-order valence-corrected chi connectivity index (χ0v) is 10.6. The van der Waals surface area contributed by atoms with E-state index in [1.807, 2.05) is 17.1 Å². The molecule has 1 unspecified atom stereocenters. The molecule has 0 aliphatic rings. The molecule has 1 heterocycles. The Hall–Kier alpha value is -0.350. The predicted molar refractivity (Wildman–Crippen MR) is 62.3 cm³/mol. The smallest absolute Gasteiger partial charge is 0.0632 e. The molecule has 0 fully saturated rings. The number of rotatable bonds is 5. The Morgan fingerprint density at radius 1 is 1.43 bits per heavy atom. The summed E-state index contributed by atoms with van der Waals surface area (Å²) in [4.78, 5) is 0. The summed E-state index contributed by atoms with van der Waals surface area (Å²) in [6, 6.07) is 0.403. The van der Waals surface area contributed by atoms with Crippen LogP contribution in [0.4, 0.5) is 0 Å². The summed E-state index contributed by atoms with van der Waals surface area (Å²) >= 11 is 3.39. The number of aromatic nitrogens is 2. The molecule has 1 rings (SSSR count). The minimum absolute atomic E-state index is 0.403. The Morgan fingerprint density at radius 2 is 2.14 bits per heavy atom. The van der Waals surface area contributed by atoms with Crippen LogP contribution >= 0.6 is 15.9 Å². The van der Waals surface area contributed by atoms with Gasteiger partial charge in [0.05, 0.1) is 16.7 Å². The van der Waals surface area contributed by atoms with Crippen LogP contribution < -0.4 is 5.32 Å². The second kappa shape index (κ2) is 5.51. The Bertz CT molecular complexity index is 270. The van der Waals surface area contributed by atoms with Crippen molar-refractivity contribution in [2.75, 3.05) is 13.1 Å². The third-order valence-corrected chi connectivity index (χ3v) is 2.42. The molecular formula is C10H18BrN3. The fraction of sp³-hybridized carbons (Fsp3) is 0.700.